The van der Waals surface area contributed by atoms with Gasteiger partial charge in [0.2, 0.25) is 11.5 Å². The fraction of sp³-hybridized carbons (Fsp3) is 0.727. The van der Waals surface area contributed by atoms with E-state index in [0.29, 0.717) is 0 Å². The lowest BCUT2D eigenvalue weighted by Crippen LogP contribution is -2.41. The Balaban J connectivity index is 1.98. The molecule has 2 rings (SSSR count). The molecule has 0 aromatic carbocycles. The average Bonchev–Trinajstić information content (AvgIpc) is 2.62. The first-order valence-electron chi connectivity index (χ1n) is 5.87. The number of hydrogen-bond donors (Lipinski definition) is 2. The highest BCUT2D eigenvalue weighted by Crippen LogP contribution is 2.35. The van der Waals surface area contributed by atoms with Gasteiger partial charge in [-0.3, -0.25) is 4.79 Å². The van der Waals surface area contributed by atoms with Crippen molar-refractivity contribution in [1.29, 1.82) is 0 Å². The van der Waals surface area contributed by atoms with E-state index in [2.05, 4.69) is 34.1 Å². The minimum Gasteiger partial charge on any atom is -0.379 e. The summed E-state index contributed by atoms with van der Waals surface area (Å²) in [6.45, 7) is 4.44. The number of aromatic nitrogens is 2. The van der Waals surface area contributed by atoms with E-state index >= 15 is 0 Å². The molecule has 1 fully saturated rings. The van der Waals surface area contributed by atoms with E-state index in [0.717, 1.165) is 19.3 Å². The van der Waals surface area contributed by atoms with Crippen molar-refractivity contribution >= 4 is 11.7 Å². The van der Waals surface area contributed by atoms with Crippen LogP contribution in [0.1, 0.15) is 50.0 Å². The van der Waals surface area contributed by atoms with Crippen LogP contribution in [0.5, 0.6) is 0 Å². The van der Waals surface area contributed by atoms with E-state index in [1.807, 2.05) is 0 Å². The fourth-order valence-corrected chi connectivity index (χ4v) is 2.43. The molecular weight excluding hydrogens is 220 g/mol. The molecule has 1 aromatic heterocycles. The number of carbonyl (C=O) groups excluding carboxylic acids is 1. The third-order valence-electron chi connectivity index (χ3n) is 3.27. The first-order valence-corrected chi connectivity index (χ1v) is 5.87. The number of nitrogens with one attached hydrogen (secondary N) is 1. The van der Waals surface area contributed by atoms with Crippen LogP contribution in [0.4, 0.5) is 5.82 Å². The molecule has 1 unspecified atom stereocenters. The Morgan fingerprint density at radius 1 is 1.53 bits per heavy atom. The molecule has 3 N–H and O–H groups in total. The minimum atomic E-state index is -0.300. The number of rotatable bonds is 2. The Morgan fingerprint density at radius 2 is 2.29 bits per heavy atom. The Kier molecular flexibility index (Phi) is 3.04. The van der Waals surface area contributed by atoms with Crippen molar-refractivity contribution in [3.8, 4) is 0 Å². The third kappa shape index (κ3) is 2.75. The molecule has 0 aliphatic heterocycles. The highest BCUT2D eigenvalue weighted by molar-refractivity contribution is 5.96. The molecule has 0 spiro atoms. The number of nitrogen functional groups attached to an aromatic ring is 1. The molecule has 0 bridgehead atoms. The molecule has 1 heterocycles. The van der Waals surface area contributed by atoms with E-state index < -0.39 is 0 Å². The monoisotopic (exact) mass is 238 g/mol. The Hall–Kier alpha value is -1.59. The predicted molar refractivity (Wildman–Crippen MR) is 62.2 cm³/mol. The summed E-state index contributed by atoms with van der Waals surface area (Å²) in [5.74, 6) is -0.260. The summed E-state index contributed by atoms with van der Waals surface area (Å²) in [6.07, 6.45) is 4.31. The van der Waals surface area contributed by atoms with Crippen LogP contribution in [0, 0.1) is 5.41 Å². The summed E-state index contributed by atoms with van der Waals surface area (Å²) in [4.78, 5) is 11.9. The van der Waals surface area contributed by atoms with Crippen LogP contribution >= 0.6 is 0 Å². The quantitative estimate of drug-likeness (QED) is 0.811. The zero-order chi connectivity index (χ0) is 12.5. The van der Waals surface area contributed by atoms with Gasteiger partial charge >= 0.3 is 0 Å². The maximum absolute atomic E-state index is 11.9. The van der Waals surface area contributed by atoms with E-state index in [9.17, 15) is 4.79 Å². The van der Waals surface area contributed by atoms with Crippen LogP contribution in [0.2, 0.25) is 0 Å². The SMILES string of the molecule is CC1(C)CCCC(NC(=O)c2nonc2N)C1. The normalized spacial score (nSPS) is 23.3. The molecule has 6 nitrogen and oxygen atoms in total. The summed E-state index contributed by atoms with van der Waals surface area (Å²) < 4.78 is 4.41. The standard InChI is InChI=1S/C11H18N4O2/c1-11(2)5-3-4-7(6-11)13-10(16)8-9(12)15-17-14-8/h7H,3-6H2,1-2H3,(H2,12,15)(H,13,16). The van der Waals surface area contributed by atoms with Crippen molar-refractivity contribution < 1.29 is 9.42 Å². The topological polar surface area (TPSA) is 94.0 Å². The number of carbonyl (C=O) groups is 1. The summed E-state index contributed by atoms with van der Waals surface area (Å²) in [6, 6.07) is 0.183. The van der Waals surface area contributed by atoms with Gasteiger partial charge in [-0.05, 0) is 35.0 Å². The minimum absolute atomic E-state index is 0.0394. The van der Waals surface area contributed by atoms with Gasteiger partial charge in [0, 0.05) is 6.04 Å². The summed E-state index contributed by atoms with van der Waals surface area (Å²) in [5, 5.41) is 9.82. The second-order valence-electron chi connectivity index (χ2n) is 5.43. The number of nitrogens with two attached hydrogens (primary N) is 1. The fourth-order valence-electron chi connectivity index (χ4n) is 2.43. The maximum atomic E-state index is 11.9. The van der Waals surface area contributed by atoms with Gasteiger partial charge in [0.25, 0.3) is 5.91 Å². The van der Waals surface area contributed by atoms with Gasteiger partial charge in [-0.1, -0.05) is 20.3 Å². The summed E-state index contributed by atoms with van der Waals surface area (Å²) in [5.41, 5.74) is 5.83. The van der Waals surface area contributed by atoms with Crippen molar-refractivity contribution in [3.05, 3.63) is 5.69 Å². The first-order chi connectivity index (χ1) is 7.98. The van der Waals surface area contributed by atoms with E-state index in [4.69, 9.17) is 5.73 Å². The van der Waals surface area contributed by atoms with E-state index in [1.165, 1.54) is 6.42 Å². The third-order valence-corrected chi connectivity index (χ3v) is 3.27. The molecule has 1 saturated carbocycles. The highest BCUT2D eigenvalue weighted by atomic mass is 16.6. The van der Waals surface area contributed by atoms with Crippen LogP contribution in [0.3, 0.4) is 0 Å². The lowest BCUT2D eigenvalue weighted by molar-refractivity contribution is 0.0893. The molecule has 6 heteroatoms. The van der Waals surface area contributed by atoms with Crippen LogP contribution in [0.15, 0.2) is 4.63 Å². The van der Waals surface area contributed by atoms with Crippen LogP contribution in [-0.4, -0.2) is 22.3 Å². The molecular formula is C11H18N4O2. The summed E-state index contributed by atoms with van der Waals surface area (Å²) in [7, 11) is 0. The molecule has 1 aliphatic rings. The maximum Gasteiger partial charge on any atom is 0.277 e. The Morgan fingerprint density at radius 3 is 2.88 bits per heavy atom. The van der Waals surface area contributed by atoms with Crippen molar-refractivity contribution in [1.82, 2.24) is 15.6 Å². The lowest BCUT2D eigenvalue weighted by atomic mass is 9.75. The largest absolute Gasteiger partial charge is 0.379 e. The molecule has 94 valence electrons. The van der Waals surface area contributed by atoms with Gasteiger partial charge in [0.15, 0.2) is 0 Å². The van der Waals surface area contributed by atoms with Crippen LogP contribution in [-0.2, 0) is 0 Å². The van der Waals surface area contributed by atoms with Crippen molar-refractivity contribution in [2.75, 3.05) is 5.73 Å². The van der Waals surface area contributed by atoms with Crippen molar-refractivity contribution in [2.24, 2.45) is 5.41 Å². The molecule has 1 aliphatic carbocycles. The molecule has 1 atom stereocenters. The average molecular weight is 238 g/mol. The van der Waals surface area contributed by atoms with Crippen molar-refractivity contribution in [2.45, 2.75) is 45.6 Å². The zero-order valence-corrected chi connectivity index (χ0v) is 10.2. The number of nitrogens with zero attached hydrogens (tertiary/aromatic N) is 2. The van der Waals surface area contributed by atoms with Gasteiger partial charge in [0.1, 0.15) is 0 Å². The van der Waals surface area contributed by atoms with Gasteiger partial charge in [0.05, 0.1) is 0 Å². The number of anilines is 1. The lowest BCUT2D eigenvalue weighted by Gasteiger charge is -2.35. The van der Waals surface area contributed by atoms with Crippen molar-refractivity contribution in [3.63, 3.8) is 0 Å². The van der Waals surface area contributed by atoms with E-state index in [-0.39, 0.29) is 28.9 Å². The number of hydrogen-bond acceptors (Lipinski definition) is 5. The van der Waals surface area contributed by atoms with Gasteiger partial charge in [-0.25, -0.2) is 4.63 Å². The Bertz CT molecular complexity index is 413. The zero-order valence-electron chi connectivity index (χ0n) is 10.2. The van der Waals surface area contributed by atoms with Gasteiger partial charge in [-0.2, -0.15) is 0 Å². The first kappa shape index (κ1) is 11.9. The van der Waals surface area contributed by atoms with E-state index in [1.54, 1.807) is 0 Å². The molecule has 17 heavy (non-hydrogen) atoms. The highest BCUT2D eigenvalue weighted by Gasteiger charge is 2.29. The predicted octanol–water partition coefficient (Wildman–Crippen LogP) is 1.35. The molecule has 1 amide bonds. The smallest absolute Gasteiger partial charge is 0.277 e. The van der Waals surface area contributed by atoms with Gasteiger partial charge in [-0.15, -0.1) is 0 Å². The number of amides is 1. The molecule has 1 aromatic rings. The Labute approximate surface area is 99.9 Å². The van der Waals surface area contributed by atoms with Crippen LogP contribution < -0.4 is 11.1 Å². The molecule has 0 saturated heterocycles. The second kappa shape index (κ2) is 4.35. The summed E-state index contributed by atoms with van der Waals surface area (Å²) >= 11 is 0. The van der Waals surface area contributed by atoms with Crippen LogP contribution in [0.25, 0.3) is 0 Å². The second-order valence-corrected chi connectivity index (χ2v) is 5.43. The molecule has 0 radical (unpaired) electrons. The van der Waals surface area contributed by atoms with Gasteiger partial charge < -0.3 is 11.1 Å².